The number of pyridine rings is 1. The van der Waals surface area contributed by atoms with Crippen LogP contribution in [0.1, 0.15) is 21.0 Å². The van der Waals surface area contributed by atoms with E-state index in [1.165, 1.54) is 66.7 Å². The van der Waals surface area contributed by atoms with E-state index in [4.69, 9.17) is 0 Å². The first-order chi connectivity index (χ1) is 14.4. The van der Waals surface area contributed by atoms with Gasteiger partial charge < -0.3 is 10.6 Å². The SMILES string of the molecule is O=C(Nc1ccccc1[N+](=O)[O-])c1cccc(C(=O)Nc2ccccc2[N+](=O)[O-])n1. The van der Waals surface area contributed by atoms with Gasteiger partial charge in [-0.15, -0.1) is 0 Å². The zero-order chi connectivity index (χ0) is 21.7. The molecule has 11 nitrogen and oxygen atoms in total. The van der Waals surface area contributed by atoms with Gasteiger partial charge in [0, 0.05) is 12.1 Å². The van der Waals surface area contributed by atoms with E-state index in [1.807, 2.05) is 0 Å². The van der Waals surface area contributed by atoms with Gasteiger partial charge >= 0.3 is 0 Å². The Hall–Kier alpha value is -4.67. The summed E-state index contributed by atoms with van der Waals surface area (Å²) in [7, 11) is 0. The molecule has 2 N–H and O–H groups in total. The van der Waals surface area contributed by atoms with Gasteiger partial charge in [-0.25, -0.2) is 4.98 Å². The Kier molecular flexibility index (Phi) is 5.73. The van der Waals surface area contributed by atoms with E-state index in [0.29, 0.717) is 0 Å². The Balaban J connectivity index is 1.81. The number of nitrogens with zero attached hydrogens (tertiary/aromatic N) is 3. The second-order valence-corrected chi connectivity index (χ2v) is 5.86. The first-order valence-corrected chi connectivity index (χ1v) is 8.43. The molecule has 0 fully saturated rings. The van der Waals surface area contributed by atoms with Crippen LogP contribution in [-0.2, 0) is 0 Å². The summed E-state index contributed by atoms with van der Waals surface area (Å²) in [6.45, 7) is 0. The topological polar surface area (TPSA) is 157 Å². The minimum Gasteiger partial charge on any atom is -0.315 e. The van der Waals surface area contributed by atoms with Gasteiger partial charge in [-0.3, -0.25) is 29.8 Å². The Morgan fingerprint density at radius 3 is 1.47 bits per heavy atom. The van der Waals surface area contributed by atoms with Crippen LogP contribution >= 0.6 is 0 Å². The summed E-state index contributed by atoms with van der Waals surface area (Å²) in [5.41, 5.74) is -0.966. The van der Waals surface area contributed by atoms with Crippen LogP contribution in [-0.4, -0.2) is 26.6 Å². The third kappa shape index (κ3) is 4.42. The molecule has 0 atom stereocenters. The van der Waals surface area contributed by atoms with Crippen molar-refractivity contribution in [3.05, 3.63) is 98.3 Å². The van der Waals surface area contributed by atoms with Gasteiger partial charge in [0.25, 0.3) is 23.2 Å². The quantitative estimate of drug-likeness (QED) is 0.468. The van der Waals surface area contributed by atoms with Gasteiger partial charge in [-0.05, 0) is 24.3 Å². The van der Waals surface area contributed by atoms with Gasteiger partial charge in [-0.1, -0.05) is 30.3 Å². The molecule has 0 saturated carbocycles. The van der Waals surface area contributed by atoms with Gasteiger partial charge in [-0.2, -0.15) is 0 Å². The van der Waals surface area contributed by atoms with Gasteiger partial charge in [0.2, 0.25) is 0 Å². The number of hydrogen-bond acceptors (Lipinski definition) is 7. The molecular weight excluding hydrogens is 394 g/mol. The zero-order valence-electron chi connectivity index (χ0n) is 15.1. The number of nitro benzene ring substituents is 2. The molecule has 0 spiro atoms. The molecule has 0 bridgehead atoms. The summed E-state index contributed by atoms with van der Waals surface area (Å²) >= 11 is 0. The summed E-state index contributed by atoms with van der Waals surface area (Å²) in [4.78, 5) is 49.7. The van der Waals surface area contributed by atoms with Crippen LogP contribution in [0, 0.1) is 20.2 Å². The van der Waals surface area contributed by atoms with E-state index in [9.17, 15) is 29.8 Å². The minimum absolute atomic E-state index is 0.0240. The number of amides is 2. The number of rotatable bonds is 6. The fourth-order valence-corrected chi connectivity index (χ4v) is 2.54. The second kappa shape index (κ2) is 8.56. The molecule has 11 heteroatoms. The lowest BCUT2D eigenvalue weighted by molar-refractivity contribution is -0.384. The molecule has 0 unspecified atom stereocenters. The lowest BCUT2D eigenvalue weighted by Gasteiger charge is -2.08. The third-order valence-corrected chi connectivity index (χ3v) is 3.91. The predicted molar refractivity (Wildman–Crippen MR) is 106 cm³/mol. The highest BCUT2D eigenvalue weighted by Gasteiger charge is 2.19. The number of nitrogens with one attached hydrogen (secondary N) is 2. The molecule has 0 aliphatic carbocycles. The smallest absolute Gasteiger partial charge is 0.292 e. The molecule has 2 amide bonds. The molecule has 0 saturated heterocycles. The number of para-hydroxylation sites is 4. The molecule has 3 rings (SSSR count). The summed E-state index contributed by atoms with van der Waals surface area (Å²) in [6, 6.07) is 15.2. The molecule has 30 heavy (non-hydrogen) atoms. The molecule has 0 aliphatic rings. The second-order valence-electron chi connectivity index (χ2n) is 5.86. The van der Waals surface area contributed by atoms with Crippen molar-refractivity contribution in [2.24, 2.45) is 0 Å². The lowest BCUT2D eigenvalue weighted by Crippen LogP contribution is -2.19. The standard InChI is InChI=1S/C19H13N5O6/c25-18(21-12-6-1-3-10-16(12)23(27)28)14-8-5-9-15(20-14)19(26)22-13-7-2-4-11-17(13)24(29)30/h1-11H,(H,21,25)(H,22,26). The molecule has 0 aliphatic heterocycles. The normalized spacial score (nSPS) is 10.1. The number of benzene rings is 2. The van der Waals surface area contributed by atoms with Crippen LogP contribution in [0.5, 0.6) is 0 Å². The fourth-order valence-electron chi connectivity index (χ4n) is 2.54. The molecule has 3 aromatic rings. The fraction of sp³-hybridized carbons (Fsp3) is 0. The van der Waals surface area contributed by atoms with Crippen molar-refractivity contribution >= 4 is 34.6 Å². The van der Waals surface area contributed by atoms with E-state index in [1.54, 1.807) is 0 Å². The van der Waals surface area contributed by atoms with Crippen LogP contribution in [0.4, 0.5) is 22.7 Å². The number of nitro groups is 2. The molecule has 1 heterocycles. The summed E-state index contributed by atoms with van der Waals surface area (Å²) in [6.07, 6.45) is 0. The van der Waals surface area contributed by atoms with E-state index in [0.717, 1.165) is 0 Å². The number of anilines is 2. The van der Waals surface area contributed by atoms with E-state index >= 15 is 0 Å². The van der Waals surface area contributed by atoms with E-state index in [2.05, 4.69) is 15.6 Å². The van der Waals surface area contributed by atoms with Crippen molar-refractivity contribution in [1.82, 2.24) is 4.98 Å². The first kappa shape index (κ1) is 20.1. The summed E-state index contributed by atoms with van der Waals surface area (Å²) in [5.74, 6) is -1.52. The van der Waals surface area contributed by atoms with Crippen molar-refractivity contribution < 1.29 is 19.4 Å². The zero-order valence-corrected chi connectivity index (χ0v) is 15.1. The third-order valence-electron chi connectivity index (χ3n) is 3.91. The van der Waals surface area contributed by atoms with Crippen molar-refractivity contribution in [2.45, 2.75) is 0 Å². The van der Waals surface area contributed by atoms with Gasteiger partial charge in [0.05, 0.1) is 9.85 Å². The van der Waals surface area contributed by atoms with Crippen molar-refractivity contribution in [3.8, 4) is 0 Å². The highest BCUT2D eigenvalue weighted by molar-refractivity contribution is 6.07. The van der Waals surface area contributed by atoms with Crippen LogP contribution in [0.25, 0.3) is 0 Å². The maximum atomic E-state index is 12.4. The average Bonchev–Trinajstić information content (AvgIpc) is 2.74. The first-order valence-electron chi connectivity index (χ1n) is 8.43. The van der Waals surface area contributed by atoms with E-state index in [-0.39, 0.29) is 34.1 Å². The number of carbonyl (C=O) groups is 2. The van der Waals surface area contributed by atoms with E-state index < -0.39 is 21.7 Å². The highest BCUT2D eigenvalue weighted by atomic mass is 16.6. The lowest BCUT2D eigenvalue weighted by atomic mass is 10.2. The van der Waals surface area contributed by atoms with Crippen molar-refractivity contribution in [2.75, 3.05) is 10.6 Å². The average molecular weight is 407 g/mol. The van der Waals surface area contributed by atoms with Crippen LogP contribution in [0.2, 0.25) is 0 Å². The largest absolute Gasteiger partial charge is 0.315 e. The Morgan fingerprint density at radius 1 is 0.667 bits per heavy atom. The number of aromatic nitrogens is 1. The molecule has 0 radical (unpaired) electrons. The Labute approximate surface area is 168 Å². The number of hydrogen-bond donors (Lipinski definition) is 2. The van der Waals surface area contributed by atoms with Crippen molar-refractivity contribution in [3.63, 3.8) is 0 Å². The monoisotopic (exact) mass is 407 g/mol. The molecule has 1 aromatic heterocycles. The van der Waals surface area contributed by atoms with Crippen molar-refractivity contribution in [1.29, 1.82) is 0 Å². The maximum Gasteiger partial charge on any atom is 0.292 e. The highest BCUT2D eigenvalue weighted by Crippen LogP contribution is 2.25. The predicted octanol–water partition coefficient (Wildman–Crippen LogP) is 3.40. The number of carbonyl (C=O) groups excluding carboxylic acids is 2. The van der Waals surface area contributed by atoms with Gasteiger partial charge in [0.1, 0.15) is 22.8 Å². The Bertz CT molecular complexity index is 1080. The minimum atomic E-state index is -0.760. The van der Waals surface area contributed by atoms with Crippen LogP contribution < -0.4 is 10.6 Å². The molecule has 150 valence electrons. The molecule has 2 aromatic carbocycles. The summed E-state index contributed by atoms with van der Waals surface area (Å²) in [5, 5.41) is 26.9. The summed E-state index contributed by atoms with van der Waals surface area (Å²) < 4.78 is 0. The van der Waals surface area contributed by atoms with Crippen LogP contribution in [0.3, 0.4) is 0 Å². The maximum absolute atomic E-state index is 12.4. The van der Waals surface area contributed by atoms with Gasteiger partial charge in [0.15, 0.2) is 0 Å². The molecular formula is C19H13N5O6. The Morgan fingerprint density at radius 2 is 1.07 bits per heavy atom. The van der Waals surface area contributed by atoms with Crippen LogP contribution in [0.15, 0.2) is 66.7 Å².